The van der Waals surface area contributed by atoms with Crippen LogP contribution in [0, 0.1) is 6.92 Å². The van der Waals surface area contributed by atoms with Crippen LogP contribution in [-0.2, 0) is 6.54 Å². The van der Waals surface area contributed by atoms with Gasteiger partial charge in [0.1, 0.15) is 10.3 Å². The van der Waals surface area contributed by atoms with Crippen LogP contribution in [0.1, 0.15) is 11.4 Å². The maximum atomic E-state index is 11.9. The van der Waals surface area contributed by atoms with Gasteiger partial charge in [0.25, 0.3) is 5.56 Å². The van der Waals surface area contributed by atoms with Crippen molar-refractivity contribution >= 4 is 21.6 Å². The number of aryl methyl sites for hydroxylation is 1. The lowest BCUT2D eigenvalue weighted by Crippen LogP contribution is -2.24. The predicted molar refractivity (Wildman–Crippen MR) is 70.9 cm³/mol. The number of hydrogen-bond donors (Lipinski definition) is 1. The number of nitrogens with zero attached hydrogens (tertiary/aromatic N) is 2. The van der Waals surface area contributed by atoms with Crippen LogP contribution >= 0.6 is 15.9 Å². The van der Waals surface area contributed by atoms with Gasteiger partial charge in [-0.25, -0.2) is 4.98 Å². The van der Waals surface area contributed by atoms with Gasteiger partial charge >= 0.3 is 0 Å². The number of benzene rings is 1. The van der Waals surface area contributed by atoms with Crippen molar-refractivity contribution in [1.29, 1.82) is 0 Å². The summed E-state index contributed by atoms with van der Waals surface area (Å²) in [6.07, 6.45) is 1.52. The van der Waals surface area contributed by atoms with E-state index in [2.05, 4.69) is 20.9 Å². The molecule has 5 heteroatoms. The summed E-state index contributed by atoms with van der Waals surface area (Å²) in [6.45, 7) is 2.23. The molecule has 0 unspecified atom stereocenters. The summed E-state index contributed by atoms with van der Waals surface area (Å²) < 4.78 is 2.05. The summed E-state index contributed by atoms with van der Waals surface area (Å²) >= 11 is 3.19. The smallest absolute Gasteiger partial charge is 0.268 e. The van der Waals surface area contributed by atoms with E-state index in [0.717, 1.165) is 5.56 Å². The van der Waals surface area contributed by atoms with Gasteiger partial charge in [0, 0.05) is 11.9 Å². The first kappa shape index (κ1) is 11.9. The minimum Gasteiger partial charge on any atom is -0.398 e. The summed E-state index contributed by atoms with van der Waals surface area (Å²) in [4.78, 5) is 16.1. The first-order valence-electron chi connectivity index (χ1n) is 5.15. The Kier molecular flexibility index (Phi) is 3.28. The van der Waals surface area contributed by atoms with E-state index < -0.39 is 0 Å². The van der Waals surface area contributed by atoms with Crippen LogP contribution in [0.2, 0.25) is 0 Å². The summed E-state index contributed by atoms with van der Waals surface area (Å²) in [5.74, 6) is 0.668. The number of rotatable bonds is 2. The molecule has 0 aliphatic heterocycles. The molecule has 0 amide bonds. The number of nitrogens with two attached hydrogens (primary N) is 1. The first-order chi connectivity index (χ1) is 8.09. The molecule has 0 spiro atoms. The Balaban J connectivity index is 2.47. The third-order valence-electron chi connectivity index (χ3n) is 2.59. The second kappa shape index (κ2) is 4.71. The van der Waals surface area contributed by atoms with Crippen molar-refractivity contribution < 1.29 is 0 Å². The van der Waals surface area contributed by atoms with Gasteiger partial charge in [0.2, 0.25) is 0 Å². The Labute approximate surface area is 107 Å². The Hall–Kier alpha value is -1.62. The average Bonchev–Trinajstić information content (AvgIpc) is 2.32. The van der Waals surface area contributed by atoms with Gasteiger partial charge in [0.05, 0.1) is 6.54 Å². The van der Waals surface area contributed by atoms with Crippen molar-refractivity contribution in [1.82, 2.24) is 9.55 Å². The molecule has 0 radical (unpaired) electrons. The van der Waals surface area contributed by atoms with Crippen LogP contribution < -0.4 is 11.3 Å². The SMILES string of the molecule is Cc1ncc(Br)c(=O)n1Cc1ccccc1N. The topological polar surface area (TPSA) is 60.9 Å². The molecular weight excluding hydrogens is 282 g/mol. The van der Waals surface area contributed by atoms with Crippen LogP contribution in [-0.4, -0.2) is 9.55 Å². The number of halogens is 1. The number of anilines is 1. The molecule has 0 fully saturated rings. The van der Waals surface area contributed by atoms with Gasteiger partial charge in [-0.15, -0.1) is 0 Å². The molecule has 0 aliphatic carbocycles. The molecule has 1 heterocycles. The van der Waals surface area contributed by atoms with Gasteiger partial charge in [0.15, 0.2) is 0 Å². The van der Waals surface area contributed by atoms with Crippen LogP contribution in [0.4, 0.5) is 5.69 Å². The van der Waals surface area contributed by atoms with Crippen molar-refractivity contribution in [2.24, 2.45) is 0 Å². The third kappa shape index (κ3) is 2.39. The Morgan fingerprint density at radius 3 is 2.82 bits per heavy atom. The standard InChI is InChI=1S/C12H12BrN3O/c1-8-15-6-10(13)12(17)16(8)7-9-4-2-3-5-11(9)14/h2-6H,7,14H2,1H3. The van der Waals surface area contributed by atoms with Crippen molar-refractivity contribution in [2.75, 3.05) is 5.73 Å². The molecule has 1 aromatic carbocycles. The number of aromatic nitrogens is 2. The zero-order chi connectivity index (χ0) is 12.4. The minimum absolute atomic E-state index is 0.0965. The van der Waals surface area contributed by atoms with Gasteiger partial charge in [-0.2, -0.15) is 0 Å². The van der Waals surface area contributed by atoms with E-state index in [1.807, 2.05) is 24.3 Å². The van der Waals surface area contributed by atoms with Crippen LogP contribution in [0.25, 0.3) is 0 Å². The molecule has 0 saturated heterocycles. The van der Waals surface area contributed by atoms with Crippen LogP contribution in [0.5, 0.6) is 0 Å². The predicted octanol–water partition coefficient (Wildman–Crippen LogP) is 1.94. The van der Waals surface area contributed by atoms with Gasteiger partial charge in [-0.3, -0.25) is 9.36 Å². The van der Waals surface area contributed by atoms with Crippen molar-refractivity contribution in [3.63, 3.8) is 0 Å². The summed E-state index contributed by atoms with van der Waals surface area (Å²) in [6, 6.07) is 7.49. The summed E-state index contributed by atoms with van der Waals surface area (Å²) in [5.41, 5.74) is 7.36. The second-order valence-electron chi connectivity index (χ2n) is 3.74. The largest absolute Gasteiger partial charge is 0.398 e. The van der Waals surface area contributed by atoms with Crippen LogP contribution in [0.3, 0.4) is 0 Å². The van der Waals surface area contributed by atoms with Crippen LogP contribution in [0.15, 0.2) is 39.7 Å². The molecule has 1 aromatic heterocycles. The number of para-hydroxylation sites is 1. The maximum Gasteiger partial charge on any atom is 0.268 e. The lowest BCUT2D eigenvalue weighted by Gasteiger charge is -2.11. The highest BCUT2D eigenvalue weighted by Crippen LogP contribution is 2.12. The van der Waals surface area contributed by atoms with Crippen molar-refractivity contribution in [3.8, 4) is 0 Å². The Morgan fingerprint density at radius 1 is 1.41 bits per heavy atom. The highest BCUT2D eigenvalue weighted by Gasteiger charge is 2.07. The molecule has 0 aliphatic rings. The van der Waals surface area contributed by atoms with Crippen molar-refractivity contribution in [3.05, 3.63) is 56.7 Å². The molecule has 2 N–H and O–H groups in total. The van der Waals surface area contributed by atoms with Gasteiger partial charge < -0.3 is 5.73 Å². The Morgan fingerprint density at radius 2 is 2.12 bits per heavy atom. The van der Waals surface area contributed by atoms with E-state index in [-0.39, 0.29) is 5.56 Å². The molecule has 0 saturated carbocycles. The van der Waals surface area contributed by atoms with E-state index in [1.165, 1.54) is 6.20 Å². The summed E-state index contributed by atoms with van der Waals surface area (Å²) in [7, 11) is 0. The van der Waals surface area contributed by atoms with E-state index in [0.29, 0.717) is 22.5 Å². The first-order valence-corrected chi connectivity index (χ1v) is 5.94. The molecule has 4 nitrogen and oxygen atoms in total. The molecule has 88 valence electrons. The number of hydrogen-bond acceptors (Lipinski definition) is 3. The highest BCUT2D eigenvalue weighted by atomic mass is 79.9. The minimum atomic E-state index is -0.0965. The van der Waals surface area contributed by atoms with E-state index in [1.54, 1.807) is 11.5 Å². The average molecular weight is 294 g/mol. The van der Waals surface area contributed by atoms with Gasteiger partial charge in [-0.05, 0) is 34.5 Å². The summed E-state index contributed by atoms with van der Waals surface area (Å²) in [5, 5.41) is 0. The molecule has 0 atom stereocenters. The fourth-order valence-electron chi connectivity index (χ4n) is 1.59. The van der Waals surface area contributed by atoms with E-state index in [4.69, 9.17) is 5.73 Å². The third-order valence-corrected chi connectivity index (χ3v) is 3.13. The molecule has 2 aromatic rings. The Bertz CT molecular complexity index is 607. The quantitative estimate of drug-likeness (QED) is 0.861. The molecule has 2 rings (SSSR count). The molecule has 17 heavy (non-hydrogen) atoms. The van der Waals surface area contributed by atoms with Crippen molar-refractivity contribution in [2.45, 2.75) is 13.5 Å². The van der Waals surface area contributed by atoms with E-state index in [9.17, 15) is 4.79 Å². The highest BCUT2D eigenvalue weighted by molar-refractivity contribution is 9.10. The second-order valence-corrected chi connectivity index (χ2v) is 4.60. The molecule has 0 bridgehead atoms. The molecular formula is C12H12BrN3O. The monoisotopic (exact) mass is 293 g/mol. The zero-order valence-electron chi connectivity index (χ0n) is 9.35. The normalized spacial score (nSPS) is 10.5. The lowest BCUT2D eigenvalue weighted by atomic mass is 10.2. The van der Waals surface area contributed by atoms with E-state index >= 15 is 0 Å². The fraction of sp³-hybridized carbons (Fsp3) is 0.167. The lowest BCUT2D eigenvalue weighted by molar-refractivity contribution is 0.696. The fourth-order valence-corrected chi connectivity index (χ4v) is 1.90. The zero-order valence-corrected chi connectivity index (χ0v) is 10.9. The maximum absolute atomic E-state index is 11.9. The van der Waals surface area contributed by atoms with Gasteiger partial charge in [-0.1, -0.05) is 18.2 Å². The number of nitrogen functional groups attached to an aromatic ring is 1.